The zero-order valence-electron chi connectivity index (χ0n) is 13.5. The summed E-state index contributed by atoms with van der Waals surface area (Å²) in [5.41, 5.74) is 0.674. The van der Waals surface area contributed by atoms with Gasteiger partial charge >= 0.3 is 0 Å². The van der Waals surface area contributed by atoms with Crippen LogP contribution in [0.2, 0.25) is 0 Å². The lowest BCUT2D eigenvalue weighted by Crippen LogP contribution is -2.39. The number of nitrogens with zero attached hydrogens (tertiary/aromatic N) is 1. The standard InChI is InChI=1S/C16H23N3O3S/c1-19(2)16(21)10-22-14-5-3-4-12(8-14)18-15(20)9-13-11-23-7-6-17-13/h3-5,8,13,17H,6-7,9-11H2,1-2H3,(H,18,20). The van der Waals surface area contributed by atoms with Crippen LogP contribution in [0.5, 0.6) is 5.75 Å². The second-order valence-electron chi connectivity index (χ2n) is 5.58. The Bertz CT molecular complexity index is 545. The minimum absolute atomic E-state index is 0.0202. The highest BCUT2D eigenvalue weighted by atomic mass is 32.2. The van der Waals surface area contributed by atoms with Gasteiger partial charge in [0.1, 0.15) is 5.75 Å². The lowest BCUT2D eigenvalue weighted by atomic mass is 10.2. The van der Waals surface area contributed by atoms with Crippen LogP contribution in [0.3, 0.4) is 0 Å². The van der Waals surface area contributed by atoms with Crippen LogP contribution >= 0.6 is 11.8 Å². The van der Waals surface area contributed by atoms with Crippen LogP contribution in [0.25, 0.3) is 0 Å². The first kappa shape index (κ1) is 17.6. The van der Waals surface area contributed by atoms with E-state index in [1.54, 1.807) is 32.3 Å². The summed E-state index contributed by atoms with van der Waals surface area (Å²) in [6, 6.07) is 7.31. The molecule has 7 heteroatoms. The molecule has 0 aromatic heterocycles. The maximum absolute atomic E-state index is 12.1. The molecule has 0 aliphatic carbocycles. The van der Waals surface area contributed by atoms with Gasteiger partial charge in [0.05, 0.1) is 0 Å². The summed E-state index contributed by atoms with van der Waals surface area (Å²) in [7, 11) is 3.36. The van der Waals surface area contributed by atoms with Crippen molar-refractivity contribution in [1.82, 2.24) is 10.2 Å². The lowest BCUT2D eigenvalue weighted by Gasteiger charge is -2.22. The van der Waals surface area contributed by atoms with Crippen molar-refractivity contribution in [1.29, 1.82) is 0 Å². The fourth-order valence-electron chi connectivity index (χ4n) is 2.12. The van der Waals surface area contributed by atoms with Gasteiger partial charge in [0.15, 0.2) is 6.61 Å². The SMILES string of the molecule is CN(C)C(=O)COc1cccc(NC(=O)CC2CSCCN2)c1. The molecule has 1 aliphatic rings. The Balaban J connectivity index is 1.84. The van der Waals surface area contributed by atoms with Crippen molar-refractivity contribution in [3.05, 3.63) is 24.3 Å². The quantitative estimate of drug-likeness (QED) is 0.816. The molecular formula is C16H23N3O3S. The van der Waals surface area contributed by atoms with Gasteiger partial charge in [0, 0.05) is 56.4 Å². The largest absolute Gasteiger partial charge is 0.484 e. The number of thioether (sulfide) groups is 1. The van der Waals surface area contributed by atoms with Crippen molar-refractivity contribution >= 4 is 29.3 Å². The molecule has 0 radical (unpaired) electrons. The Morgan fingerprint density at radius 2 is 2.26 bits per heavy atom. The fraction of sp³-hybridized carbons (Fsp3) is 0.500. The average Bonchev–Trinajstić information content (AvgIpc) is 2.53. The molecule has 1 aromatic carbocycles. The molecule has 0 bridgehead atoms. The second kappa shape index (κ2) is 8.79. The monoisotopic (exact) mass is 337 g/mol. The summed E-state index contributed by atoms with van der Waals surface area (Å²) in [4.78, 5) is 25.1. The highest BCUT2D eigenvalue weighted by Gasteiger charge is 2.16. The van der Waals surface area contributed by atoms with Gasteiger partial charge in [-0.1, -0.05) is 6.07 Å². The summed E-state index contributed by atoms with van der Waals surface area (Å²) in [5.74, 6) is 2.49. The van der Waals surface area contributed by atoms with Gasteiger partial charge in [-0.15, -0.1) is 0 Å². The van der Waals surface area contributed by atoms with E-state index in [0.29, 0.717) is 17.9 Å². The van der Waals surface area contributed by atoms with Crippen LogP contribution in [0.4, 0.5) is 5.69 Å². The van der Waals surface area contributed by atoms with Gasteiger partial charge in [-0.05, 0) is 12.1 Å². The van der Waals surface area contributed by atoms with Gasteiger partial charge in [-0.2, -0.15) is 11.8 Å². The molecule has 2 N–H and O–H groups in total. The van der Waals surface area contributed by atoms with Crippen LogP contribution in [0.1, 0.15) is 6.42 Å². The molecule has 1 aromatic rings. The van der Waals surface area contributed by atoms with E-state index in [0.717, 1.165) is 18.1 Å². The van der Waals surface area contributed by atoms with Crippen LogP contribution < -0.4 is 15.4 Å². The predicted molar refractivity (Wildman–Crippen MR) is 93.0 cm³/mol. The van der Waals surface area contributed by atoms with Gasteiger partial charge in [0.2, 0.25) is 5.91 Å². The van der Waals surface area contributed by atoms with Crippen LogP contribution in [0, 0.1) is 0 Å². The molecular weight excluding hydrogens is 314 g/mol. The van der Waals surface area contributed by atoms with Crippen LogP contribution in [-0.2, 0) is 9.59 Å². The van der Waals surface area contributed by atoms with Crippen LogP contribution in [0.15, 0.2) is 24.3 Å². The van der Waals surface area contributed by atoms with Crippen molar-refractivity contribution in [2.75, 3.05) is 44.1 Å². The minimum Gasteiger partial charge on any atom is -0.484 e. The lowest BCUT2D eigenvalue weighted by molar-refractivity contribution is -0.130. The second-order valence-corrected chi connectivity index (χ2v) is 6.73. The van der Waals surface area contributed by atoms with Crippen LogP contribution in [-0.4, -0.2) is 61.5 Å². The highest BCUT2D eigenvalue weighted by molar-refractivity contribution is 7.99. The average molecular weight is 337 g/mol. The molecule has 1 fully saturated rings. The summed E-state index contributed by atoms with van der Waals surface area (Å²) < 4.78 is 5.44. The summed E-state index contributed by atoms with van der Waals surface area (Å²) in [6.07, 6.45) is 0.456. The van der Waals surface area contributed by atoms with E-state index in [4.69, 9.17) is 4.74 Å². The third-order valence-corrected chi connectivity index (χ3v) is 4.54. The van der Waals surface area contributed by atoms with Gasteiger partial charge in [-0.3, -0.25) is 9.59 Å². The van der Waals surface area contributed by atoms with Crippen molar-refractivity contribution < 1.29 is 14.3 Å². The number of ether oxygens (including phenoxy) is 1. The minimum atomic E-state index is -0.111. The summed E-state index contributed by atoms with van der Waals surface area (Å²) in [5, 5.41) is 6.22. The number of nitrogens with one attached hydrogen (secondary N) is 2. The van der Waals surface area contributed by atoms with Crippen molar-refractivity contribution in [2.45, 2.75) is 12.5 Å². The van der Waals surface area contributed by atoms with E-state index in [9.17, 15) is 9.59 Å². The van der Waals surface area contributed by atoms with Gasteiger partial charge in [0.25, 0.3) is 5.91 Å². The molecule has 1 unspecified atom stereocenters. The van der Waals surface area contributed by atoms with Gasteiger partial charge in [-0.25, -0.2) is 0 Å². The number of carbonyl (C=O) groups excluding carboxylic acids is 2. The first-order chi connectivity index (χ1) is 11.0. The molecule has 6 nitrogen and oxygen atoms in total. The van der Waals surface area contributed by atoms with E-state index in [2.05, 4.69) is 10.6 Å². The number of anilines is 1. The normalized spacial score (nSPS) is 17.4. The van der Waals surface area contributed by atoms with E-state index < -0.39 is 0 Å². The molecule has 2 amide bonds. The number of rotatable bonds is 6. The van der Waals surface area contributed by atoms with Crippen molar-refractivity contribution in [2.24, 2.45) is 0 Å². The Morgan fingerprint density at radius 3 is 2.96 bits per heavy atom. The predicted octanol–water partition coefficient (Wildman–Crippen LogP) is 1.19. The first-order valence-corrected chi connectivity index (χ1v) is 8.74. The van der Waals surface area contributed by atoms with Crippen molar-refractivity contribution in [3.8, 4) is 5.75 Å². The Labute approximate surface area is 140 Å². The molecule has 126 valence electrons. The Morgan fingerprint density at radius 1 is 1.43 bits per heavy atom. The molecule has 1 saturated heterocycles. The number of likely N-dealkylation sites (N-methyl/N-ethyl adjacent to an activating group) is 1. The fourth-order valence-corrected chi connectivity index (χ4v) is 3.07. The maximum atomic E-state index is 12.1. The molecule has 1 aliphatic heterocycles. The third-order valence-electron chi connectivity index (χ3n) is 3.41. The first-order valence-electron chi connectivity index (χ1n) is 7.58. The number of benzene rings is 1. The number of amides is 2. The van der Waals surface area contributed by atoms with E-state index in [-0.39, 0.29) is 24.5 Å². The number of carbonyl (C=O) groups is 2. The zero-order valence-corrected chi connectivity index (χ0v) is 14.3. The zero-order chi connectivity index (χ0) is 16.7. The molecule has 2 rings (SSSR count). The van der Waals surface area contributed by atoms with E-state index in [1.165, 1.54) is 4.90 Å². The Hall–Kier alpha value is -1.73. The van der Waals surface area contributed by atoms with Gasteiger partial charge < -0.3 is 20.3 Å². The molecule has 0 spiro atoms. The summed E-state index contributed by atoms with van der Waals surface area (Å²) in [6.45, 7) is 0.930. The topological polar surface area (TPSA) is 70.7 Å². The van der Waals surface area contributed by atoms with Crippen molar-refractivity contribution in [3.63, 3.8) is 0 Å². The smallest absolute Gasteiger partial charge is 0.259 e. The number of hydrogen-bond donors (Lipinski definition) is 2. The van der Waals surface area contributed by atoms with E-state index >= 15 is 0 Å². The molecule has 0 saturated carbocycles. The third kappa shape index (κ3) is 6.11. The highest BCUT2D eigenvalue weighted by Crippen LogP contribution is 2.18. The molecule has 1 heterocycles. The molecule has 23 heavy (non-hydrogen) atoms. The summed E-state index contributed by atoms with van der Waals surface area (Å²) >= 11 is 1.87. The maximum Gasteiger partial charge on any atom is 0.259 e. The molecule has 1 atom stereocenters. The Kier molecular flexibility index (Phi) is 6.73. The van der Waals surface area contributed by atoms with E-state index in [1.807, 2.05) is 17.8 Å². The number of hydrogen-bond acceptors (Lipinski definition) is 5.